The Kier molecular flexibility index (Phi) is 8.65. The summed E-state index contributed by atoms with van der Waals surface area (Å²) in [6.07, 6.45) is 5.40. The highest BCUT2D eigenvalue weighted by Crippen LogP contribution is 2.50. The maximum Gasteiger partial charge on any atom is 0.119 e. The zero-order valence-corrected chi connectivity index (χ0v) is 28.1. The molecule has 0 aromatic heterocycles. The molecular weight excluding hydrogens is 619 g/mol. The highest BCUT2D eigenvalue weighted by Gasteiger charge is 2.35. The molecular formula is C40H37N3O4S. The van der Waals surface area contributed by atoms with Crippen molar-refractivity contribution in [3.8, 4) is 23.0 Å². The van der Waals surface area contributed by atoms with Crippen LogP contribution in [0.3, 0.4) is 0 Å². The molecule has 1 heterocycles. The molecule has 0 fully saturated rings. The van der Waals surface area contributed by atoms with E-state index >= 15 is 0 Å². The van der Waals surface area contributed by atoms with E-state index in [1.165, 1.54) is 0 Å². The fourth-order valence-corrected chi connectivity index (χ4v) is 7.26. The molecule has 0 bridgehead atoms. The van der Waals surface area contributed by atoms with Crippen LogP contribution in [0.15, 0.2) is 143 Å². The number of benzene rings is 5. The second kappa shape index (κ2) is 13.3. The summed E-state index contributed by atoms with van der Waals surface area (Å²) < 4.78 is 21.8. The summed E-state index contributed by atoms with van der Waals surface area (Å²) in [5.74, 6) is 3.27. The first-order chi connectivity index (χ1) is 23.5. The zero-order chi connectivity index (χ0) is 33.1. The Morgan fingerprint density at radius 2 is 1.12 bits per heavy atom. The number of nitrogens with zero attached hydrogens (tertiary/aromatic N) is 1. The third-order valence-electron chi connectivity index (χ3n) is 8.71. The van der Waals surface area contributed by atoms with E-state index in [2.05, 4.69) is 94.4 Å². The molecule has 0 amide bonds. The van der Waals surface area contributed by atoms with E-state index in [9.17, 15) is 0 Å². The fourth-order valence-electron chi connectivity index (χ4n) is 6.11. The first kappa shape index (κ1) is 31.1. The van der Waals surface area contributed by atoms with Crippen molar-refractivity contribution in [1.82, 2.24) is 0 Å². The molecule has 0 saturated heterocycles. The van der Waals surface area contributed by atoms with Crippen LogP contribution >= 0.6 is 11.8 Å². The summed E-state index contributed by atoms with van der Waals surface area (Å²) in [5, 5.41) is 7.58. The molecule has 1 unspecified atom stereocenters. The summed E-state index contributed by atoms with van der Waals surface area (Å²) >= 11 is 1.78. The van der Waals surface area contributed by atoms with Crippen LogP contribution in [0.5, 0.6) is 23.0 Å². The van der Waals surface area contributed by atoms with Crippen molar-refractivity contribution in [2.45, 2.75) is 16.9 Å². The van der Waals surface area contributed by atoms with Crippen LogP contribution in [0.1, 0.15) is 12.0 Å². The molecule has 242 valence electrons. The smallest absolute Gasteiger partial charge is 0.119 e. The Labute approximate surface area is 285 Å². The van der Waals surface area contributed by atoms with Gasteiger partial charge in [-0.2, -0.15) is 0 Å². The van der Waals surface area contributed by atoms with Gasteiger partial charge in [0, 0.05) is 38.2 Å². The van der Waals surface area contributed by atoms with E-state index < -0.39 is 5.54 Å². The van der Waals surface area contributed by atoms with Crippen molar-refractivity contribution in [3.63, 3.8) is 0 Å². The Bertz CT molecular complexity index is 1910. The Balaban J connectivity index is 1.27. The maximum atomic E-state index is 5.48. The number of fused-ring (bicyclic) bond motifs is 2. The Hall–Kier alpha value is -5.47. The molecule has 8 heteroatoms. The lowest BCUT2D eigenvalue weighted by molar-refractivity contribution is 0.414. The van der Waals surface area contributed by atoms with Crippen molar-refractivity contribution in [2.75, 3.05) is 44.0 Å². The SMILES string of the molecule is COc1ccc(NC2(c3ccc(OC)cc3)C=C3Sc4cc(N(c5ccc(OC)cc5)c5ccc(OC)cc5)ccc4NC3=CC2)cc1. The van der Waals surface area contributed by atoms with Gasteiger partial charge < -0.3 is 34.5 Å². The van der Waals surface area contributed by atoms with Gasteiger partial charge in [0.1, 0.15) is 23.0 Å². The predicted octanol–water partition coefficient (Wildman–Crippen LogP) is 9.89. The van der Waals surface area contributed by atoms with Gasteiger partial charge in [0.2, 0.25) is 0 Å². The molecule has 5 aromatic carbocycles. The standard InChI is InChI=1S/C40H37N3O4S/c1-44-32-14-5-27(6-15-32)40(42-28-7-16-33(45-2)17-8-28)24-23-37-39(26-40)48-38-25-31(13-22-36(38)41-37)43(29-9-18-34(46-3)19-10-29)30-11-20-35(47-4)21-12-30/h5-23,25-26,41-42H,24H2,1-4H3. The molecule has 2 aliphatic rings. The van der Waals surface area contributed by atoms with Gasteiger partial charge >= 0.3 is 0 Å². The van der Waals surface area contributed by atoms with Crippen LogP contribution in [0.4, 0.5) is 28.4 Å². The third-order valence-corrected chi connectivity index (χ3v) is 9.82. The molecule has 1 atom stereocenters. The topological polar surface area (TPSA) is 64.2 Å². The monoisotopic (exact) mass is 655 g/mol. The van der Waals surface area contributed by atoms with Crippen LogP contribution in [0, 0.1) is 0 Å². The number of rotatable bonds is 10. The van der Waals surface area contributed by atoms with E-state index in [1.807, 2.05) is 48.5 Å². The first-order valence-electron chi connectivity index (χ1n) is 15.7. The number of hydrogen-bond acceptors (Lipinski definition) is 8. The fraction of sp³-hybridized carbons (Fsp3) is 0.150. The number of ether oxygens (including phenoxy) is 4. The van der Waals surface area contributed by atoms with E-state index in [0.717, 1.165) is 78.9 Å². The van der Waals surface area contributed by atoms with Crippen molar-refractivity contribution in [2.24, 2.45) is 0 Å². The largest absolute Gasteiger partial charge is 0.497 e. The quantitative estimate of drug-likeness (QED) is 0.154. The van der Waals surface area contributed by atoms with Crippen molar-refractivity contribution in [1.29, 1.82) is 0 Å². The number of nitrogens with one attached hydrogen (secondary N) is 2. The minimum absolute atomic E-state index is 0.484. The average molecular weight is 656 g/mol. The maximum absolute atomic E-state index is 5.48. The van der Waals surface area contributed by atoms with Gasteiger partial charge in [0.15, 0.2) is 0 Å². The molecule has 5 aromatic rings. The highest BCUT2D eigenvalue weighted by molar-refractivity contribution is 8.03. The van der Waals surface area contributed by atoms with Crippen LogP contribution in [-0.4, -0.2) is 28.4 Å². The molecule has 1 aliphatic carbocycles. The van der Waals surface area contributed by atoms with Gasteiger partial charge in [0.05, 0.1) is 39.7 Å². The lowest BCUT2D eigenvalue weighted by Gasteiger charge is -2.38. The van der Waals surface area contributed by atoms with E-state index in [4.69, 9.17) is 18.9 Å². The Morgan fingerprint density at radius 3 is 1.67 bits per heavy atom. The lowest BCUT2D eigenvalue weighted by atomic mass is 9.82. The summed E-state index contributed by atoms with van der Waals surface area (Å²) in [5.41, 5.74) is 6.95. The summed E-state index contributed by atoms with van der Waals surface area (Å²) in [4.78, 5) is 4.54. The van der Waals surface area contributed by atoms with Crippen molar-refractivity contribution < 1.29 is 18.9 Å². The van der Waals surface area contributed by atoms with Crippen LogP contribution < -0.4 is 34.5 Å². The minimum atomic E-state index is -0.484. The second-order valence-electron chi connectivity index (χ2n) is 11.5. The summed E-state index contributed by atoms with van der Waals surface area (Å²) in [7, 11) is 6.74. The first-order valence-corrected chi connectivity index (χ1v) is 16.5. The van der Waals surface area contributed by atoms with Gasteiger partial charge in [-0.05, 0) is 121 Å². The van der Waals surface area contributed by atoms with Crippen molar-refractivity contribution in [3.05, 3.63) is 144 Å². The van der Waals surface area contributed by atoms with Gasteiger partial charge in [-0.15, -0.1) is 0 Å². The molecule has 1 aliphatic heterocycles. The van der Waals surface area contributed by atoms with Crippen LogP contribution in [0.25, 0.3) is 0 Å². The molecule has 48 heavy (non-hydrogen) atoms. The van der Waals surface area contributed by atoms with E-state index in [1.54, 1.807) is 40.2 Å². The van der Waals surface area contributed by atoms with E-state index in [0.29, 0.717) is 0 Å². The predicted molar refractivity (Wildman–Crippen MR) is 196 cm³/mol. The second-order valence-corrected chi connectivity index (χ2v) is 12.6. The van der Waals surface area contributed by atoms with Gasteiger partial charge in [-0.1, -0.05) is 30.0 Å². The molecule has 0 radical (unpaired) electrons. The minimum Gasteiger partial charge on any atom is -0.497 e. The van der Waals surface area contributed by atoms with Gasteiger partial charge in [-0.3, -0.25) is 0 Å². The van der Waals surface area contributed by atoms with Crippen molar-refractivity contribution >= 4 is 40.2 Å². The van der Waals surface area contributed by atoms with Crippen LogP contribution in [-0.2, 0) is 5.54 Å². The van der Waals surface area contributed by atoms with Gasteiger partial charge in [0.25, 0.3) is 0 Å². The number of methoxy groups -OCH3 is 4. The Morgan fingerprint density at radius 1 is 0.625 bits per heavy atom. The molecule has 2 N–H and O–H groups in total. The van der Waals surface area contributed by atoms with E-state index in [-0.39, 0.29) is 0 Å². The molecule has 0 saturated carbocycles. The average Bonchev–Trinajstić information content (AvgIpc) is 3.15. The van der Waals surface area contributed by atoms with Gasteiger partial charge in [-0.25, -0.2) is 0 Å². The zero-order valence-electron chi connectivity index (χ0n) is 27.3. The third kappa shape index (κ3) is 6.14. The molecule has 7 rings (SSSR count). The normalized spacial score (nSPS) is 16.2. The number of thioether (sulfide) groups is 1. The summed E-state index contributed by atoms with van der Waals surface area (Å²) in [6.45, 7) is 0. The molecule has 7 nitrogen and oxygen atoms in total. The number of hydrogen-bond donors (Lipinski definition) is 2. The summed E-state index contributed by atoms with van der Waals surface area (Å²) in [6, 6.07) is 39.2. The lowest BCUT2D eigenvalue weighted by Crippen LogP contribution is -2.35. The molecule has 0 spiro atoms. The number of anilines is 5. The van der Waals surface area contributed by atoms with Crippen LogP contribution in [0.2, 0.25) is 0 Å². The highest BCUT2D eigenvalue weighted by atomic mass is 32.2.